The van der Waals surface area contributed by atoms with Crippen molar-refractivity contribution in [2.45, 2.75) is 6.42 Å². The zero-order chi connectivity index (χ0) is 9.64. The summed E-state index contributed by atoms with van der Waals surface area (Å²) in [5, 5.41) is 3.19. The fourth-order valence-electron chi connectivity index (χ4n) is 1.17. The van der Waals surface area contributed by atoms with E-state index < -0.39 is 0 Å². The van der Waals surface area contributed by atoms with Gasteiger partial charge in [-0.05, 0) is 24.1 Å². The Morgan fingerprint density at radius 1 is 1.36 bits per heavy atom. The third-order valence-electron chi connectivity index (χ3n) is 1.88. The van der Waals surface area contributed by atoms with Gasteiger partial charge in [-0.15, -0.1) is 0 Å². The molecule has 0 unspecified atom stereocenters. The lowest BCUT2D eigenvalue weighted by molar-refractivity contribution is 0.564. The monoisotopic (exact) mass is 189 g/mol. The summed E-state index contributed by atoms with van der Waals surface area (Å²) in [4.78, 5) is 7.89. The molecular formula is C10H11N3O. The topological polar surface area (TPSA) is 51.0 Å². The molecule has 72 valence electrons. The summed E-state index contributed by atoms with van der Waals surface area (Å²) >= 11 is 0. The van der Waals surface area contributed by atoms with E-state index >= 15 is 0 Å². The van der Waals surface area contributed by atoms with Crippen LogP contribution in [0.1, 0.15) is 5.56 Å². The minimum Gasteiger partial charge on any atom is -0.472 e. The Labute approximate surface area is 82.0 Å². The van der Waals surface area contributed by atoms with Gasteiger partial charge in [0.05, 0.1) is 12.5 Å². The Morgan fingerprint density at radius 2 is 2.36 bits per heavy atom. The molecule has 0 aliphatic carbocycles. The molecule has 2 aromatic rings. The van der Waals surface area contributed by atoms with Crippen LogP contribution in [0.5, 0.6) is 0 Å². The number of nitrogens with one attached hydrogen (secondary N) is 1. The molecule has 4 heteroatoms. The fraction of sp³-hybridized carbons (Fsp3) is 0.200. The Hall–Kier alpha value is -1.84. The molecule has 0 aliphatic heterocycles. The Bertz CT molecular complexity index is 358. The molecule has 4 nitrogen and oxygen atoms in total. The molecule has 0 fully saturated rings. The van der Waals surface area contributed by atoms with Crippen LogP contribution < -0.4 is 5.32 Å². The van der Waals surface area contributed by atoms with Gasteiger partial charge < -0.3 is 9.73 Å². The number of anilines is 1. The highest BCUT2D eigenvalue weighted by molar-refractivity contribution is 5.31. The van der Waals surface area contributed by atoms with Gasteiger partial charge in [0.15, 0.2) is 0 Å². The summed E-state index contributed by atoms with van der Waals surface area (Å²) in [7, 11) is 0. The van der Waals surface area contributed by atoms with Crippen molar-refractivity contribution in [2.75, 3.05) is 11.9 Å². The van der Waals surface area contributed by atoms with Crippen LogP contribution in [0.25, 0.3) is 0 Å². The second kappa shape index (κ2) is 4.41. The highest BCUT2D eigenvalue weighted by Gasteiger charge is 1.94. The highest BCUT2D eigenvalue weighted by Crippen LogP contribution is 2.02. The summed E-state index contributed by atoms with van der Waals surface area (Å²) in [5.74, 6) is 0.850. The predicted molar refractivity (Wildman–Crippen MR) is 52.9 cm³/mol. The summed E-state index contributed by atoms with van der Waals surface area (Å²) in [5.41, 5.74) is 1.19. The lowest BCUT2D eigenvalue weighted by Crippen LogP contribution is -2.05. The number of furan rings is 1. The van der Waals surface area contributed by atoms with Gasteiger partial charge in [-0.2, -0.15) is 0 Å². The first-order chi connectivity index (χ1) is 6.95. The summed E-state index contributed by atoms with van der Waals surface area (Å²) in [6.07, 6.45) is 7.61. The van der Waals surface area contributed by atoms with Crippen molar-refractivity contribution in [1.29, 1.82) is 0 Å². The van der Waals surface area contributed by atoms with Crippen molar-refractivity contribution in [3.8, 4) is 0 Å². The number of hydrogen-bond donors (Lipinski definition) is 1. The van der Waals surface area contributed by atoms with Crippen molar-refractivity contribution in [1.82, 2.24) is 9.97 Å². The van der Waals surface area contributed by atoms with Crippen LogP contribution in [-0.2, 0) is 6.42 Å². The average molecular weight is 189 g/mol. The first-order valence-electron chi connectivity index (χ1n) is 4.46. The van der Waals surface area contributed by atoms with Gasteiger partial charge in [0.1, 0.15) is 12.1 Å². The molecule has 0 amide bonds. The van der Waals surface area contributed by atoms with E-state index in [1.54, 1.807) is 18.7 Å². The van der Waals surface area contributed by atoms with E-state index in [2.05, 4.69) is 15.3 Å². The van der Waals surface area contributed by atoms with Crippen LogP contribution in [0.3, 0.4) is 0 Å². The average Bonchev–Trinajstić information content (AvgIpc) is 2.72. The standard InChI is InChI=1S/C10H11N3O/c1(9-3-6-14-7-9)5-12-10-2-4-11-8-13-10/h2-4,6-8H,1,5H2,(H,11,12,13). The van der Waals surface area contributed by atoms with Crippen LogP contribution in [0.15, 0.2) is 41.6 Å². The van der Waals surface area contributed by atoms with Crippen molar-refractivity contribution in [3.05, 3.63) is 42.7 Å². The van der Waals surface area contributed by atoms with Crippen molar-refractivity contribution in [2.24, 2.45) is 0 Å². The lowest BCUT2D eigenvalue weighted by atomic mass is 10.2. The van der Waals surface area contributed by atoms with E-state index in [1.807, 2.05) is 12.1 Å². The molecule has 0 saturated carbocycles. The number of rotatable bonds is 4. The summed E-state index contributed by atoms with van der Waals surface area (Å²) in [6.45, 7) is 0.844. The zero-order valence-corrected chi connectivity index (χ0v) is 7.68. The quantitative estimate of drug-likeness (QED) is 0.795. The summed E-state index contributed by atoms with van der Waals surface area (Å²) < 4.78 is 4.96. The molecule has 0 aromatic carbocycles. The molecule has 14 heavy (non-hydrogen) atoms. The van der Waals surface area contributed by atoms with Gasteiger partial charge >= 0.3 is 0 Å². The van der Waals surface area contributed by atoms with E-state index in [0.29, 0.717) is 0 Å². The number of aromatic nitrogens is 2. The Balaban J connectivity index is 1.79. The van der Waals surface area contributed by atoms with E-state index in [-0.39, 0.29) is 0 Å². The number of hydrogen-bond acceptors (Lipinski definition) is 4. The Morgan fingerprint density at radius 3 is 3.07 bits per heavy atom. The molecule has 0 aliphatic rings. The maximum Gasteiger partial charge on any atom is 0.129 e. The van der Waals surface area contributed by atoms with Gasteiger partial charge in [0.2, 0.25) is 0 Å². The van der Waals surface area contributed by atoms with Gasteiger partial charge in [-0.3, -0.25) is 0 Å². The smallest absolute Gasteiger partial charge is 0.129 e. The molecule has 0 bridgehead atoms. The summed E-state index contributed by atoms with van der Waals surface area (Å²) in [6, 6.07) is 3.80. The fourth-order valence-corrected chi connectivity index (χ4v) is 1.17. The van der Waals surface area contributed by atoms with Crippen molar-refractivity contribution < 1.29 is 4.42 Å². The van der Waals surface area contributed by atoms with E-state index in [1.165, 1.54) is 11.9 Å². The van der Waals surface area contributed by atoms with Gasteiger partial charge in [-0.25, -0.2) is 9.97 Å². The lowest BCUT2D eigenvalue weighted by Gasteiger charge is -2.02. The minimum atomic E-state index is 0.844. The molecule has 0 atom stereocenters. The van der Waals surface area contributed by atoms with Gasteiger partial charge in [0, 0.05) is 12.7 Å². The van der Waals surface area contributed by atoms with E-state index in [4.69, 9.17) is 4.42 Å². The van der Waals surface area contributed by atoms with Gasteiger partial charge in [0.25, 0.3) is 0 Å². The van der Waals surface area contributed by atoms with Crippen LogP contribution in [0, 0.1) is 0 Å². The van der Waals surface area contributed by atoms with Gasteiger partial charge in [-0.1, -0.05) is 0 Å². The first kappa shape index (κ1) is 8.74. The normalized spacial score (nSPS) is 10.0. The zero-order valence-electron chi connectivity index (χ0n) is 7.68. The second-order valence-corrected chi connectivity index (χ2v) is 2.90. The van der Waals surface area contributed by atoms with Crippen molar-refractivity contribution in [3.63, 3.8) is 0 Å². The number of nitrogens with zero attached hydrogens (tertiary/aromatic N) is 2. The molecule has 2 heterocycles. The molecule has 0 saturated heterocycles. The first-order valence-corrected chi connectivity index (χ1v) is 4.46. The molecule has 2 rings (SSSR count). The molecule has 0 radical (unpaired) electrons. The van der Waals surface area contributed by atoms with Crippen LogP contribution in [-0.4, -0.2) is 16.5 Å². The van der Waals surface area contributed by atoms with E-state index in [9.17, 15) is 0 Å². The molecular weight excluding hydrogens is 178 g/mol. The maximum absolute atomic E-state index is 4.96. The van der Waals surface area contributed by atoms with Crippen LogP contribution >= 0.6 is 0 Å². The molecule has 1 N–H and O–H groups in total. The second-order valence-electron chi connectivity index (χ2n) is 2.90. The SMILES string of the molecule is c1cc(NCCc2ccoc2)ncn1. The highest BCUT2D eigenvalue weighted by atomic mass is 16.3. The van der Waals surface area contributed by atoms with Crippen molar-refractivity contribution >= 4 is 5.82 Å². The maximum atomic E-state index is 4.96. The predicted octanol–water partition coefficient (Wildman–Crippen LogP) is 1.72. The largest absolute Gasteiger partial charge is 0.472 e. The van der Waals surface area contributed by atoms with Crippen LogP contribution in [0.2, 0.25) is 0 Å². The van der Waals surface area contributed by atoms with Crippen LogP contribution in [0.4, 0.5) is 5.82 Å². The molecule has 0 spiro atoms. The van der Waals surface area contributed by atoms with E-state index in [0.717, 1.165) is 18.8 Å². The third kappa shape index (κ3) is 2.32. The third-order valence-corrected chi connectivity index (χ3v) is 1.88. The molecule has 2 aromatic heterocycles. The minimum absolute atomic E-state index is 0.844. The Kier molecular flexibility index (Phi) is 2.76.